The van der Waals surface area contributed by atoms with Crippen LogP contribution in [0.2, 0.25) is 0 Å². The van der Waals surface area contributed by atoms with Crippen LogP contribution in [0.25, 0.3) is 0 Å². The highest BCUT2D eigenvalue weighted by molar-refractivity contribution is 5.29. The molecule has 0 saturated carbocycles. The van der Waals surface area contributed by atoms with Crippen molar-refractivity contribution in [2.45, 2.75) is 33.4 Å². The summed E-state index contributed by atoms with van der Waals surface area (Å²) in [4.78, 5) is 32.3. The summed E-state index contributed by atoms with van der Waals surface area (Å²) in [5, 5.41) is 0. The summed E-state index contributed by atoms with van der Waals surface area (Å²) < 4.78 is 2.62. The third kappa shape index (κ3) is 2.93. The minimum atomic E-state index is -0.369. The van der Waals surface area contributed by atoms with Gasteiger partial charge in [0.25, 0.3) is 5.56 Å². The van der Waals surface area contributed by atoms with E-state index in [2.05, 4.69) is 9.97 Å². The summed E-state index contributed by atoms with van der Waals surface area (Å²) in [5.41, 5.74) is 5.62. The lowest BCUT2D eigenvalue weighted by molar-refractivity contribution is 0.562. The Hall–Kier alpha value is -2.44. The van der Waals surface area contributed by atoms with E-state index < -0.39 is 0 Å². The molecule has 7 heteroatoms. The Labute approximate surface area is 115 Å². The van der Waals surface area contributed by atoms with Crippen molar-refractivity contribution in [3.05, 3.63) is 50.7 Å². The molecule has 2 rings (SSSR count). The van der Waals surface area contributed by atoms with Gasteiger partial charge in [-0.2, -0.15) is 0 Å². The van der Waals surface area contributed by atoms with E-state index in [4.69, 9.17) is 5.73 Å². The fourth-order valence-electron chi connectivity index (χ4n) is 1.98. The molecule has 20 heavy (non-hydrogen) atoms. The maximum absolute atomic E-state index is 12.2. The molecule has 0 saturated heterocycles. The van der Waals surface area contributed by atoms with E-state index in [9.17, 15) is 9.59 Å². The van der Waals surface area contributed by atoms with Gasteiger partial charge in [0.05, 0.1) is 6.54 Å². The molecule has 0 amide bonds. The van der Waals surface area contributed by atoms with Crippen molar-refractivity contribution in [2.75, 3.05) is 5.73 Å². The number of nitrogen functional groups attached to an aromatic ring is 1. The molecule has 0 spiro atoms. The molecular weight excluding hydrogens is 258 g/mol. The highest BCUT2D eigenvalue weighted by Gasteiger charge is 2.08. The van der Waals surface area contributed by atoms with Gasteiger partial charge in [0, 0.05) is 30.6 Å². The number of hydrogen-bond acceptors (Lipinski definition) is 5. The molecule has 0 aliphatic heterocycles. The number of hydrogen-bond donors (Lipinski definition) is 1. The van der Waals surface area contributed by atoms with Crippen molar-refractivity contribution < 1.29 is 0 Å². The SMILES string of the molecule is CCCn1ccc(=O)n(Cc2nc(C)cc(N)n2)c1=O. The number of aryl methyl sites for hydroxylation is 2. The Morgan fingerprint density at radius 2 is 2.05 bits per heavy atom. The van der Waals surface area contributed by atoms with Crippen LogP contribution in [-0.4, -0.2) is 19.1 Å². The highest BCUT2D eigenvalue weighted by atomic mass is 16.2. The molecule has 2 heterocycles. The number of rotatable bonds is 4. The van der Waals surface area contributed by atoms with Crippen molar-refractivity contribution in [2.24, 2.45) is 0 Å². The molecule has 0 aliphatic rings. The zero-order chi connectivity index (χ0) is 14.7. The van der Waals surface area contributed by atoms with E-state index in [1.165, 1.54) is 16.8 Å². The van der Waals surface area contributed by atoms with Crippen LogP contribution in [0.1, 0.15) is 24.9 Å². The average molecular weight is 275 g/mol. The van der Waals surface area contributed by atoms with Crippen LogP contribution >= 0.6 is 0 Å². The topological polar surface area (TPSA) is 95.8 Å². The van der Waals surface area contributed by atoms with Gasteiger partial charge in [0.2, 0.25) is 0 Å². The van der Waals surface area contributed by atoms with Crippen molar-refractivity contribution in [3.8, 4) is 0 Å². The Balaban J connectivity index is 2.45. The zero-order valence-corrected chi connectivity index (χ0v) is 11.5. The molecule has 0 aliphatic carbocycles. The van der Waals surface area contributed by atoms with E-state index in [1.54, 1.807) is 13.0 Å². The summed E-state index contributed by atoms with van der Waals surface area (Å²) in [6.45, 7) is 4.33. The van der Waals surface area contributed by atoms with E-state index in [0.29, 0.717) is 23.9 Å². The Morgan fingerprint density at radius 3 is 2.70 bits per heavy atom. The number of nitrogens with two attached hydrogens (primary N) is 1. The quantitative estimate of drug-likeness (QED) is 0.856. The Bertz CT molecular complexity index is 712. The van der Waals surface area contributed by atoms with Crippen LogP contribution in [-0.2, 0) is 13.1 Å². The van der Waals surface area contributed by atoms with Crippen LogP contribution in [0.3, 0.4) is 0 Å². The van der Waals surface area contributed by atoms with Crippen LogP contribution in [0.5, 0.6) is 0 Å². The molecule has 0 unspecified atom stereocenters. The van der Waals surface area contributed by atoms with Gasteiger partial charge in [-0.25, -0.2) is 14.8 Å². The summed E-state index contributed by atoms with van der Waals surface area (Å²) >= 11 is 0. The van der Waals surface area contributed by atoms with Gasteiger partial charge >= 0.3 is 5.69 Å². The van der Waals surface area contributed by atoms with Crippen molar-refractivity contribution in [1.82, 2.24) is 19.1 Å². The lowest BCUT2D eigenvalue weighted by Gasteiger charge is -2.09. The van der Waals surface area contributed by atoms with Gasteiger partial charge in [-0.05, 0) is 13.3 Å². The van der Waals surface area contributed by atoms with Crippen molar-refractivity contribution in [3.63, 3.8) is 0 Å². The maximum Gasteiger partial charge on any atom is 0.331 e. The molecule has 0 atom stereocenters. The lowest BCUT2D eigenvalue weighted by Crippen LogP contribution is -2.39. The first-order valence-electron chi connectivity index (χ1n) is 6.41. The number of nitrogens with zero attached hydrogens (tertiary/aromatic N) is 4. The van der Waals surface area contributed by atoms with Gasteiger partial charge in [-0.3, -0.25) is 9.36 Å². The van der Waals surface area contributed by atoms with Crippen LogP contribution in [0.4, 0.5) is 5.82 Å². The second-order valence-electron chi connectivity index (χ2n) is 4.57. The first-order valence-corrected chi connectivity index (χ1v) is 6.41. The minimum Gasteiger partial charge on any atom is -0.384 e. The summed E-state index contributed by atoms with van der Waals surface area (Å²) in [7, 11) is 0. The molecule has 2 N–H and O–H groups in total. The van der Waals surface area contributed by atoms with Gasteiger partial charge in [-0.1, -0.05) is 6.92 Å². The summed E-state index contributed by atoms with van der Waals surface area (Å²) in [6, 6.07) is 3.00. The molecule has 0 radical (unpaired) electrons. The highest BCUT2D eigenvalue weighted by Crippen LogP contribution is 2.02. The van der Waals surface area contributed by atoms with Gasteiger partial charge in [0.15, 0.2) is 5.82 Å². The second-order valence-corrected chi connectivity index (χ2v) is 4.57. The normalized spacial score (nSPS) is 10.7. The molecule has 0 fully saturated rings. The fourth-order valence-corrected chi connectivity index (χ4v) is 1.98. The standard InChI is InChI=1S/C13H17N5O2/c1-3-5-17-6-4-12(19)18(13(17)20)8-11-15-9(2)7-10(14)16-11/h4,6-7H,3,5,8H2,1-2H3,(H2,14,15,16). The Kier molecular flexibility index (Phi) is 3.97. The number of anilines is 1. The average Bonchev–Trinajstić information content (AvgIpc) is 2.37. The van der Waals surface area contributed by atoms with E-state index in [1.807, 2.05) is 6.92 Å². The molecule has 0 aromatic carbocycles. The number of aromatic nitrogens is 4. The third-order valence-corrected chi connectivity index (χ3v) is 2.82. The third-order valence-electron chi connectivity index (χ3n) is 2.82. The van der Waals surface area contributed by atoms with E-state index in [-0.39, 0.29) is 17.8 Å². The maximum atomic E-state index is 12.2. The minimum absolute atomic E-state index is 0.0219. The van der Waals surface area contributed by atoms with Gasteiger partial charge in [0.1, 0.15) is 5.82 Å². The first kappa shape index (κ1) is 14.0. The van der Waals surface area contributed by atoms with Gasteiger partial charge in [-0.15, -0.1) is 0 Å². The van der Waals surface area contributed by atoms with Crippen LogP contribution < -0.4 is 17.0 Å². The van der Waals surface area contributed by atoms with Crippen LogP contribution in [0, 0.1) is 6.92 Å². The lowest BCUT2D eigenvalue weighted by atomic mass is 10.4. The van der Waals surface area contributed by atoms with Crippen LogP contribution in [0.15, 0.2) is 27.9 Å². The zero-order valence-electron chi connectivity index (χ0n) is 11.5. The fraction of sp³-hybridized carbons (Fsp3) is 0.385. The predicted octanol–water partition coefficient (Wildman–Crippen LogP) is 0.149. The van der Waals surface area contributed by atoms with E-state index in [0.717, 1.165) is 11.0 Å². The van der Waals surface area contributed by atoms with Gasteiger partial charge < -0.3 is 10.3 Å². The molecule has 0 bridgehead atoms. The largest absolute Gasteiger partial charge is 0.384 e. The summed E-state index contributed by atoms with van der Waals surface area (Å²) in [5.74, 6) is 0.682. The van der Waals surface area contributed by atoms with Crippen molar-refractivity contribution in [1.29, 1.82) is 0 Å². The van der Waals surface area contributed by atoms with E-state index >= 15 is 0 Å². The molecule has 7 nitrogen and oxygen atoms in total. The smallest absolute Gasteiger partial charge is 0.331 e. The predicted molar refractivity (Wildman–Crippen MR) is 75.5 cm³/mol. The monoisotopic (exact) mass is 275 g/mol. The second kappa shape index (κ2) is 5.68. The summed E-state index contributed by atoms with van der Waals surface area (Å²) in [6.07, 6.45) is 2.32. The molecular formula is C13H17N5O2. The van der Waals surface area contributed by atoms with Crippen molar-refractivity contribution >= 4 is 5.82 Å². The Morgan fingerprint density at radius 1 is 1.30 bits per heavy atom. The molecule has 2 aromatic rings. The molecule has 2 aromatic heterocycles. The molecule has 106 valence electrons. The first-order chi connectivity index (χ1) is 9.51.